The molecule has 0 atom stereocenters. The molecule has 0 radical (unpaired) electrons. The average molecular weight is 400 g/mol. The van der Waals surface area contributed by atoms with Crippen LogP contribution in [0.3, 0.4) is 0 Å². The fraction of sp³-hybridized carbons (Fsp3) is 0.250. The maximum Gasteiger partial charge on any atom is 0.417 e. The van der Waals surface area contributed by atoms with Gasteiger partial charge >= 0.3 is 6.18 Å². The van der Waals surface area contributed by atoms with Crippen LogP contribution >= 0.6 is 23.4 Å². The predicted molar refractivity (Wildman–Crippen MR) is 91.9 cm³/mol. The van der Waals surface area contributed by atoms with E-state index in [9.17, 15) is 13.2 Å². The van der Waals surface area contributed by atoms with E-state index in [2.05, 4.69) is 20.2 Å². The average Bonchev–Trinajstić information content (AvgIpc) is 2.99. The summed E-state index contributed by atoms with van der Waals surface area (Å²) in [7, 11) is 0. The number of alkyl halides is 3. The molecule has 0 aliphatic rings. The van der Waals surface area contributed by atoms with Gasteiger partial charge in [0.05, 0.1) is 10.6 Å². The number of aromatic nitrogens is 5. The second-order valence-electron chi connectivity index (χ2n) is 5.30. The van der Waals surface area contributed by atoms with Crippen molar-refractivity contribution >= 4 is 23.4 Å². The highest BCUT2D eigenvalue weighted by Crippen LogP contribution is 2.36. The van der Waals surface area contributed by atoms with Crippen LogP contribution in [-0.4, -0.2) is 24.7 Å². The number of hydrogen-bond acceptors (Lipinski definition) is 5. The lowest BCUT2D eigenvalue weighted by molar-refractivity contribution is -0.137. The Balaban J connectivity index is 1.94. The molecule has 0 N–H and O–H groups in total. The highest BCUT2D eigenvalue weighted by molar-refractivity contribution is 7.99. The van der Waals surface area contributed by atoms with E-state index >= 15 is 0 Å². The quantitative estimate of drug-likeness (QED) is 0.606. The molecule has 3 heterocycles. The molecule has 5 nitrogen and oxygen atoms in total. The van der Waals surface area contributed by atoms with Gasteiger partial charge in [0, 0.05) is 30.7 Å². The second-order valence-corrected chi connectivity index (χ2v) is 6.67. The van der Waals surface area contributed by atoms with Crippen molar-refractivity contribution in [1.82, 2.24) is 24.7 Å². The zero-order chi connectivity index (χ0) is 18.7. The minimum absolute atomic E-state index is 0.0821. The number of hydrogen-bond donors (Lipinski definition) is 0. The molecule has 0 spiro atoms. The van der Waals surface area contributed by atoms with Gasteiger partial charge in [0.1, 0.15) is 5.03 Å². The van der Waals surface area contributed by atoms with E-state index in [1.165, 1.54) is 0 Å². The molecule has 0 unspecified atom stereocenters. The van der Waals surface area contributed by atoms with Gasteiger partial charge in [0.25, 0.3) is 0 Å². The maximum atomic E-state index is 12.7. The van der Waals surface area contributed by atoms with Gasteiger partial charge in [0.15, 0.2) is 11.0 Å². The normalized spacial score (nSPS) is 11.7. The predicted octanol–water partition coefficient (Wildman–Crippen LogP) is 4.97. The lowest BCUT2D eigenvalue weighted by Gasteiger charge is -2.10. The number of rotatable bonds is 5. The third-order valence-electron chi connectivity index (χ3n) is 3.43. The van der Waals surface area contributed by atoms with Crippen LogP contribution in [0.15, 0.2) is 47.0 Å². The number of halogens is 4. The molecule has 0 fully saturated rings. The van der Waals surface area contributed by atoms with Gasteiger partial charge in [-0.3, -0.25) is 4.98 Å². The van der Waals surface area contributed by atoms with E-state index in [0.717, 1.165) is 36.0 Å². The second kappa shape index (κ2) is 7.63. The van der Waals surface area contributed by atoms with Crippen molar-refractivity contribution in [3.63, 3.8) is 0 Å². The van der Waals surface area contributed by atoms with Crippen LogP contribution in [0.5, 0.6) is 0 Å². The van der Waals surface area contributed by atoms with Crippen molar-refractivity contribution in [3.05, 3.63) is 47.4 Å². The summed E-state index contributed by atoms with van der Waals surface area (Å²) in [5.41, 5.74) is -0.0429. The van der Waals surface area contributed by atoms with Gasteiger partial charge in [-0.1, -0.05) is 18.5 Å². The van der Waals surface area contributed by atoms with Crippen molar-refractivity contribution < 1.29 is 13.2 Å². The SMILES string of the molecule is CCCn1c(Sc2ncc(C(F)(F)F)cc2Cl)nnc1-c1ccncc1. The van der Waals surface area contributed by atoms with E-state index in [1.807, 2.05) is 23.6 Å². The first-order valence-electron chi connectivity index (χ1n) is 7.64. The van der Waals surface area contributed by atoms with Gasteiger partial charge in [-0.05, 0) is 36.4 Å². The van der Waals surface area contributed by atoms with Crippen LogP contribution in [-0.2, 0) is 12.7 Å². The van der Waals surface area contributed by atoms with Crippen molar-refractivity contribution in [1.29, 1.82) is 0 Å². The molecule has 10 heteroatoms. The van der Waals surface area contributed by atoms with Crippen LogP contribution < -0.4 is 0 Å². The van der Waals surface area contributed by atoms with Crippen molar-refractivity contribution in [2.75, 3.05) is 0 Å². The lowest BCUT2D eigenvalue weighted by atomic mass is 10.2. The van der Waals surface area contributed by atoms with Crippen molar-refractivity contribution in [3.8, 4) is 11.4 Å². The fourth-order valence-electron chi connectivity index (χ4n) is 2.25. The molecule has 26 heavy (non-hydrogen) atoms. The Labute approximate surface area is 156 Å². The third kappa shape index (κ3) is 3.99. The van der Waals surface area contributed by atoms with Crippen LogP contribution in [0, 0.1) is 0 Å². The van der Waals surface area contributed by atoms with E-state index < -0.39 is 11.7 Å². The topological polar surface area (TPSA) is 56.5 Å². The van der Waals surface area contributed by atoms with Crippen LogP contribution in [0.1, 0.15) is 18.9 Å². The molecule has 0 bridgehead atoms. The molecular weight excluding hydrogens is 387 g/mol. The Kier molecular flexibility index (Phi) is 5.47. The molecule has 0 aliphatic heterocycles. The van der Waals surface area contributed by atoms with Gasteiger partial charge in [0.2, 0.25) is 0 Å². The standard InChI is InChI=1S/C16H13ClF3N5S/c1-2-7-25-13(10-3-5-21-6-4-10)23-24-15(25)26-14-12(17)8-11(9-22-14)16(18,19)20/h3-6,8-9H,2,7H2,1H3. The summed E-state index contributed by atoms with van der Waals surface area (Å²) in [6, 6.07) is 4.49. The highest BCUT2D eigenvalue weighted by Gasteiger charge is 2.31. The summed E-state index contributed by atoms with van der Waals surface area (Å²) in [5, 5.41) is 9.02. The summed E-state index contributed by atoms with van der Waals surface area (Å²) in [4.78, 5) is 7.82. The molecule has 3 aromatic heterocycles. The van der Waals surface area contributed by atoms with Crippen molar-refractivity contribution in [2.45, 2.75) is 36.2 Å². The number of pyridine rings is 2. The molecule has 0 saturated heterocycles. The molecule has 0 aromatic carbocycles. The molecule has 0 amide bonds. The minimum Gasteiger partial charge on any atom is -0.302 e. The van der Waals surface area contributed by atoms with Crippen LogP contribution in [0.2, 0.25) is 5.02 Å². The first kappa shape index (κ1) is 18.7. The minimum atomic E-state index is -4.49. The molecule has 0 saturated carbocycles. The Morgan fingerprint density at radius 1 is 1.19 bits per heavy atom. The number of nitrogens with zero attached hydrogens (tertiary/aromatic N) is 5. The summed E-state index contributed by atoms with van der Waals surface area (Å²) >= 11 is 7.07. The van der Waals surface area contributed by atoms with E-state index in [1.54, 1.807) is 12.4 Å². The van der Waals surface area contributed by atoms with Crippen molar-refractivity contribution in [2.24, 2.45) is 0 Å². The third-order valence-corrected chi connectivity index (χ3v) is 4.83. The Morgan fingerprint density at radius 2 is 1.92 bits per heavy atom. The smallest absolute Gasteiger partial charge is 0.302 e. The molecule has 0 aliphatic carbocycles. The largest absolute Gasteiger partial charge is 0.417 e. The van der Waals surface area contributed by atoms with E-state index in [0.29, 0.717) is 17.5 Å². The van der Waals surface area contributed by atoms with Crippen LogP contribution in [0.25, 0.3) is 11.4 Å². The first-order valence-corrected chi connectivity index (χ1v) is 8.83. The van der Waals surface area contributed by atoms with E-state index in [-0.39, 0.29) is 10.0 Å². The molecular formula is C16H13ClF3N5S. The maximum absolute atomic E-state index is 12.7. The van der Waals surface area contributed by atoms with Crippen LogP contribution in [0.4, 0.5) is 13.2 Å². The highest BCUT2D eigenvalue weighted by atomic mass is 35.5. The molecule has 3 aromatic rings. The Bertz CT molecular complexity index is 899. The van der Waals surface area contributed by atoms with Gasteiger partial charge in [-0.15, -0.1) is 10.2 Å². The van der Waals surface area contributed by atoms with E-state index in [4.69, 9.17) is 11.6 Å². The summed E-state index contributed by atoms with van der Waals surface area (Å²) < 4.78 is 40.1. The molecule has 3 rings (SSSR count). The lowest BCUT2D eigenvalue weighted by Crippen LogP contribution is -2.06. The summed E-state index contributed by atoms with van der Waals surface area (Å²) in [5.74, 6) is 0.653. The zero-order valence-electron chi connectivity index (χ0n) is 13.5. The first-order chi connectivity index (χ1) is 12.4. The fourth-order valence-corrected chi connectivity index (χ4v) is 3.33. The monoisotopic (exact) mass is 399 g/mol. The Hall–Kier alpha value is -2.13. The Morgan fingerprint density at radius 3 is 2.54 bits per heavy atom. The zero-order valence-corrected chi connectivity index (χ0v) is 15.1. The van der Waals surface area contributed by atoms with Gasteiger partial charge in [-0.25, -0.2) is 4.98 Å². The molecule has 136 valence electrons. The van der Waals surface area contributed by atoms with Gasteiger partial charge < -0.3 is 4.57 Å². The van der Waals surface area contributed by atoms with Gasteiger partial charge in [-0.2, -0.15) is 13.2 Å². The summed E-state index contributed by atoms with van der Waals surface area (Å²) in [6.07, 6.45) is 0.412. The summed E-state index contributed by atoms with van der Waals surface area (Å²) in [6.45, 7) is 2.65.